The highest BCUT2D eigenvalue weighted by atomic mass is 32.1. The van der Waals surface area contributed by atoms with Gasteiger partial charge in [-0.1, -0.05) is 6.07 Å². The Hall–Kier alpha value is -4.47. The summed E-state index contributed by atoms with van der Waals surface area (Å²) in [5, 5.41) is 6.72. The van der Waals surface area contributed by atoms with Crippen molar-refractivity contribution in [3.05, 3.63) is 69.9 Å². The second-order valence-electron chi connectivity index (χ2n) is 12.4. The van der Waals surface area contributed by atoms with Gasteiger partial charge in [0.15, 0.2) is 5.82 Å². The van der Waals surface area contributed by atoms with E-state index in [4.69, 9.17) is 14.5 Å². The van der Waals surface area contributed by atoms with Crippen molar-refractivity contribution in [1.82, 2.24) is 20.4 Å². The predicted molar refractivity (Wildman–Crippen MR) is 175 cm³/mol. The molecule has 1 saturated carbocycles. The summed E-state index contributed by atoms with van der Waals surface area (Å²) in [5.41, 5.74) is 11.0. The van der Waals surface area contributed by atoms with Crippen LogP contribution in [-0.4, -0.2) is 58.7 Å². The zero-order chi connectivity index (χ0) is 33.8. The van der Waals surface area contributed by atoms with Crippen molar-refractivity contribution in [2.75, 3.05) is 36.0 Å². The zero-order valence-electron chi connectivity index (χ0n) is 26.5. The molecule has 5 heterocycles. The van der Waals surface area contributed by atoms with Crippen LogP contribution >= 0.6 is 11.3 Å². The van der Waals surface area contributed by atoms with Gasteiger partial charge in [-0.15, -0.1) is 16.9 Å². The van der Waals surface area contributed by atoms with Crippen molar-refractivity contribution >= 4 is 50.6 Å². The van der Waals surface area contributed by atoms with Crippen LogP contribution in [0.3, 0.4) is 0 Å². The van der Waals surface area contributed by atoms with Gasteiger partial charge in [0.2, 0.25) is 0 Å². The van der Waals surface area contributed by atoms with Crippen LogP contribution in [-0.2, 0) is 27.4 Å². The highest BCUT2D eigenvalue weighted by molar-refractivity contribution is 7.17. The number of fused-ring (bicyclic) bond motifs is 3. The fraction of sp³-hybridized carbons (Fsp3) is 0.394. The lowest BCUT2D eigenvalue weighted by atomic mass is 9.85. The molecule has 2 aliphatic heterocycles. The molecule has 1 aromatic carbocycles. The summed E-state index contributed by atoms with van der Waals surface area (Å²) in [4.78, 5) is 35.9. The topological polar surface area (TPSA) is 121 Å². The number of hydrogen-bond donors (Lipinski definition) is 3. The maximum atomic E-state index is 13.0. The normalized spacial score (nSPS) is 17.2. The van der Waals surface area contributed by atoms with E-state index >= 15 is 0 Å². The quantitative estimate of drug-likeness (QED) is 0.197. The lowest BCUT2D eigenvalue weighted by molar-refractivity contribution is -0.167. The van der Waals surface area contributed by atoms with Crippen LogP contribution < -0.4 is 26.0 Å². The van der Waals surface area contributed by atoms with Crippen LogP contribution in [0.25, 0.3) is 10.1 Å². The van der Waals surface area contributed by atoms with Crippen molar-refractivity contribution < 1.29 is 32.2 Å². The molecule has 0 radical (unpaired) electrons. The first-order valence-electron chi connectivity index (χ1n) is 15.6. The molecule has 4 aromatic rings. The van der Waals surface area contributed by atoms with Gasteiger partial charge in [-0.3, -0.25) is 24.9 Å². The van der Waals surface area contributed by atoms with Crippen LogP contribution in [0.1, 0.15) is 60.1 Å². The molecule has 1 atom stereocenters. The average molecular weight is 682 g/mol. The number of halogens is 3. The standard InChI is InChI=1S/C33H34F3N7O4S/c1-4-46-27(44)13-22(23-14-37-30-28(18(23)2)40-41-42(30)3)20-11-19-7-10-48-29(19)21(12-20)15-43-16-24-25(47-32(17-43)8-9-32)5-6-26(38-24)39-31(45)33(34,35)36/h5-7,10-12,14,22,40-41H,4,8-9,13,15-17H2,1-3H3,(H,38,39,45). The minimum atomic E-state index is -5.03. The van der Waals surface area contributed by atoms with Gasteiger partial charge in [-0.05, 0) is 84.0 Å². The number of rotatable bonds is 8. The van der Waals surface area contributed by atoms with Crippen molar-refractivity contribution in [3.63, 3.8) is 0 Å². The lowest BCUT2D eigenvalue weighted by Crippen LogP contribution is -2.34. The minimum absolute atomic E-state index is 0.123. The molecule has 15 heteroatoms. The number of esters is 1. The van der Waals surface area contributed by atoms with Gasteiger partial charge >= 0.3 is 18.1 Å². The van der Waals surface area contributed by atoms with Crippen molar-refractivity contribution in [2.45, 2.75) is 63.9 Å². The van der Waals surface area contributed by atoms with Gasteiger partial charge in [-0.2, -0.15) is 13.2 Å². The van der Waals surface area contributed by atoms with Gasteiger partial charge < -0.3 is 14.8 Å². The average Bonchev–Trinajstić information content (AvgIpc) is 3.46. The van der Waals surface area contributed by atoms with E-state index in [1.165, 1.54) is 6.07 Å². The first kappa shape index (κ1) is 32.1. The number of aromatic nitrogens is 2. The van der Waals surface area contributed by atoms with E-state index in [1.54, 1.807) is 29.3 Å². The lowest BCUT2D eigenvalue weighted by Gasteiger charge is -2.25. The van der Waals surface area contributed by atoms with Crippen LogP contribution in [0.5, 0.6) is 5.75 Å². The molecule has 0 bridgehead atoms. The van der Waals surface area contributed by atoms with Gasteiger partial charge in [0, 0.05) is 43.5 Å². The molecule has 1 aliphatic carbocycles. The molecule has 1 spiro atoms. The number of carbonyl (C=O) groups excluding carboxylic acids is 2. The van der Waals surface area contributed by atoms with Gasteiger partial charge in [0.25, 0.3) is 0 Å². The summed E-state index contributed by atoms with van der Waals surface area (Å²) >= 11 is 1.62. The van der Waals surface area contributed by atoms with Crippen LogP contribution in [0.15, 0.2) is 41.9 Å². The monoisotopic (exact) mass is 681 g/mol. The third-order valence-electron chi connectivity index (χ3n) is 8.97. The number of amides is 1. The summed E-state index contributed by atoms with van der Waals surface area (Å²) in [6, 6.07) is 9.21. The minimum Gasteiger partial charge on any atom is -0.484 e. The summed E-state index contributed by atoms with van der Waals surface area (Å²) in [6.07, 6.45) is -1.41. The fourth-order valence-electron chi connectivity index (χ4n) is 6.49. The molecule has 48 heavy (non-hydrogen) atoms. The smallest absolute Gasteiger partial charge is 0.471 e. The second kappa shape index (κ2) is 12.2. The Morgan fingerprint density at radius 2 is 2.04 bits per heavy atom. The number of benzene rings is 1. The van der Waals surface area contributed by atoms with Crippen LogP contribution in [0, 0.1) is 6.92 Å². The van der Waals surface area contributed by atoms with E-state index in [1.807, 2.05) is 30.9 Å². The fourth-order valence-corrected chi connectivity index (χ4v) is 7.38. The Kier molecular flexibility index (Phi) is 8.16. The summed E-state index contributed by atoms with van der Waals surface area (Å²) in [7, 11) is 1.87. The maximum Gasteiger partial charge on any atom is 0.471 e. The number of carbonyl (C=O) groups is 2. The Morgan fingerprint density at radius 3 is 2.79 bits per heavy atom. The number of alkyl halides is 3. The van der Waals surface area contributed by atoms with E-state index in [2.05, 4.69) is 39.0 Å². The van der Waals surface area contributed by atoms with E-state index in [0.29, 0.717) is 31.1 Å². The summed E-state index contributed by atoms with van der Waals surface area (Å²) < 4.78 is 51.7. The molecule has 11 nitrogen and oxygen atoms in total. The molecule has 3 N–H and O–H groups in total. The largest absolute Gasteiger partial charge is 0.484 e. The van der Waals surface area contributed by atoms with Crippen molar-refractivity contribution in [1.29, 1.82) is 0 Å². The van der Waals surface area contributed by atoms with Gasteiger partial charge in [-0.25, -0.2) is 9.97 Å². The molecule has 7 rings (SSSR count). The van der Waals surface area contributed by atoms with Crippen molar-refractivity contribution in [2.24, 2.45) is 0 Å². The molecule has 252 valence electrons. The first-order chi connectivity index (χ1) is 22.9. The number of thiophene rings is 1. The van der Waals surface area contributed by atoms with Crippen LogP contribution in [0.4, 0.5) is 30.5 Å². The molecule has 1 amide bonds. The maximum absolute atomic E-state index is 13.0. The van der Waals surface area contributed by atoms with E-state index < -0.39 is 17.7 Å². The Labute approximate surface area is 278 Å². The first-order valence-corrected chi connectivity index (χ1v) is 16.5. The van der Waals surface area contributed by atoms with E-state index in [-0.39, 0.29) is 30.7 Å². The Morgan fingerprint density at radius 1 is 1.23 bits per heavy atom. The van der Waals surface area contributed by atoms with Gasteiger partial charge in [0.1, 0.15) is 17.2 Å². The number of anilines is 3. The Balaban J connectivity index is 1.24. The van der Waals surface area contributed by atoms with E-state index in [9.17, 15) is 22.8 Å². The molecule has 1 unspecified atom stereocenters. The molecule has 0 saturated heterocycles. The third kappa shape index (κ3) is 6.24. The van der Waals surface area contributed by atoms with E-state index in [0.717, 1.165) is 56.7 Å². The third-order valence-corrected chi connectivity index (χ3v) is 9.98. The molecule has 1 fully saturated rings. The van der Waals surface area contributed by atoms with Crippen LogP contribution in [0.2, 0.25) is 0 Å². The number of hydrogen-bond acceptors (Lipinski definition) is 11. The van der Waals surface area contributed by atoms with Crippen molar-refractivity contribution in [3.8, 4) is 5.75 Å². The Bertz CT molecular complexity index is 1910. The number of hydrazine groups is 2. The SMILES string of the molecule is CCOC(=O)CC(c1cc(CN2Cc3nc(NC(=O)C(F)(F)F)ccc3OC3(CC3)C2)c2sccc2c1)c1cnc2c(c1C)NNN2C. The predicted octanol–water partition coefficient (Wildman–Crippen LogP) is 5.79. The number of pyridine rings is 2. The highest BCUT2D eigenvalue weighted by Crippen LogP contribution is 2.45. The molecule has 3 aliphatic rings. The highest BCUT2D eigenvalue weighted by Gasteiger charge is 2.49. The van der Waals surface area contributed by atoms with Gasteiger partial charge in [0.05, 0.1) is 24.4 Å². The molecular weight excluding hydrogens is 647 g/mol. The number of nitrogens with one attached hydrogen (secondary N) is 3. The second-order valence-corrected chi connectivity index (χ2v) is 13.4. The molecular formula is C33H34F3N7O4S. The number of ether oxygens (including phenoxy) is 2. The zero-order valence-corrected chi connectivity index (χ0v) is 27.3. The summed E-state index contributed by atoms with van der Waals surface area (Å²) in [5.74, 6) is -1.67. The molecule has 3 aromatic heterocycles. The summed E-state index contributed by atoms with van der Waals surface area (Å²) in [6.45, 7) is 5.46. The number of nitrogens with zero attached hydrogens (tertiary/aromatic N) is 4.